The lowest BCUT2D eigenvalue weighted by Crippen LogP contribution is -2.42. The SMILES string of the molecule is C=CCn1c(SC(C)C(=O)NC(=O)NCc2ccccc2)nnc1-c1ccccc1. The number of urea groups is 1. The van der Waals surface area contributed by atoms with E-state index in [9.17, 15) is 9.59 Å². The molecule has 0 spiro atoms. The minimum Gasteiger partial charge on any atom is -0.334 e. The Labute approximate surface area is 179 Å². The van der Waals surface area contributed by atoms with Gasteiger partial charge in [0.1, 0.15) is 0 Å². The number of carbonyl (C=O) groups excluding carboxylic acids is 2. The van der Waals surface area contributed by atoms with Crippen LogP contribution in [-0.2, 0) is 17.9 Å². The van der Waals surface area contributed by atoms with Crippen molar-refractivity contribution in [1.82, 2.24) is 25.4 Å². The van der Waals surface area contributed by atoms with Gasteiger partial charge >= 0.3 is 6.03 Å². The molecule has 1 heterocycles. The number of nitrogens with zero attached hydrogens (tertiary/aromatic N) is 3. The van der Waals surface area contributed by atoms with Gasteiger partial charge in [0.2, 0.25) is 5.91 Å². The van der Waals surface area contributed by atoms with Crippen LogP contribution in [0.3, 0.4) is 0 Å². The summed E-state index contributed by atoms with van der Waals surface area (Å²) < 4.78 is 1.90. The second-order valence-corrected chi connectivity index (χ2v) is 7.80. The molecule has 1 unspecified atom stereocenters. The molecule has 0 aliphatic heterocycles. The summed E-state index contributed by atoms with van der Waals surface area (Å²) in [7, 11) is 0. The van der Waals surface area contributed by atoms with Crippen molar-refractivity contribution < 1.29 is 9.59 Å². The number of aromatic nitrogens is 3. The molecule has 0 aliphatic carbocycles. The second kappa shape index (κ2) is 10.4. The quantitative estimate of drug-likeness (QED) is 0.428. The van der Waals surface area contributed by atoms with Gasteiger partial charge in [-0.25, -0.2) is 4.79 Å². The van der Waals surface area contributed by atoms with Crippen molar-refractivity contribution in [2.75, 3.05) is 0 Å². The zero-order valence-corrected chi connectivity index (χ0v) is 17.4. The van der Waals surface area contributed by atoms with Crippen molar-refractivity contribution in [3.63, 3.8) is 0 Å². The van der Waals surface area contributed by atoms with E-state index in [0.29, 0.717) is 24.1 Å². The molecule has 0 fully saturated rings. The third-order valence-corrected chi connectivity index (χ3v) is 5.33. The fraction of sp³-hybridized carbons (Fsp3) is 0.182. The highest BCUT2D eigenvalue weighted by Crippen LogP contribution is 2.26. The lowest BCUT2D eigenvalue weighted by molar-refractivity contribution is -0.119. The van der Waals surface area contributed by atoms with Gasteiger partial charge in [0.15, 0.2) is 11.0 Å². The van der Waals surface area contributed by atoms with Crippen LogP contribution in [0.4, 0.5) is 4.79 Å². The first-order valence-electron chi connectivity index (χ1n) is 9.47. The number of amides is 3. The Morgan fingerprint density at radius 1 is 1.10 bits per heavy atom. The number of rotatable bonds is 8. The molecular weight excluding hydrogens is 398 g/mol. The van der Waals surface area contributed by atoms with E-state index in [1.807, 2.05) is 65.2 Å². The van der Waals surface area contributed by atoms with Gasteiger partial charge in [-0.3, -0.25) is 14.7 Å². The maximum atomic E-state index is 12.4. The Hall–Kier alpha value is -3.39. The third-order valence-electron chi connectivity index (χ3n) is 4.24. The van der Waals surface area contributed by atoms with Gasteiger partial charge in [0.05, 0.1) is 5.25 Å². The topological polar surface area (TPSA) is 88.9 Å². The zero-order chi connectivity index (χ0) is 21.3. The van der Waals surface area contributed by atoms with E-state index in [1.54, 1.807) is 13.0 Å². The number of benzene rings is 2. The minimum absolute atomic E-state index is 0.343. The lowest BCUT2D eigenvalue weighted by Gasteiger charge is -2.13. The Morgan fingerprint density at radius 3 is 2.43 bits per heavy atom. The Bertz CT molecular complexity index is 1000. The van der Waals surface area contributed by atoms with Crippen molar-refractivity contribution in [2.24, 2.45) is 0 Å². The summed E-state index contributed by atoms with van der Waals surface area (Å²) in [4.78, 5) is 24.5. The summed E-state index contributed by atoms with van der Waals surface area (Å²) in [5.74, 6) is 0.297. The van der Waals surface area contributed by atoms with E-state index >= 15 is 0 Å². The summed E-state index contributed by atoms with van der Waals surface area (Å²) >= 11 is 1.24. The average molecular weight is 422 g/mol. The van der Waals surface area contributed by atoms with Crippen molar-refractivity contribution in [2.45, 2.75) is 30.4 Å². The van der Waals surface area contributed by atoms with Crippen LogP contribution >= 0.6 is 11.8 Å². The van der Waals surface area contributed by atoms with Crippen molar-refractivity contribution in [3.8, 4) is 11.4 Å². The first kappa shape index (κ1) is 21.3. The fourth-order valence-corrected chi connectivity index (χ4v) is 3.58. The van der Waals surface area contributed by atoms with Crippen LogP contribution in [0.25, 0.3) is 11.4 Å². The van der Waals surface area contributed by atoms with E-state index < -0.39 is 17.2 Å². The molecule has 0 saturated heterocycles. The first-order chi connectivity index (χ1) is 14.6. The molecule has 30 heavy (non-hydrogen) atoms. The molecule has 3 rings (SSSR count). The lowest BCUT2D eigenvalue weighted by atomic mass is 10.2. The predicted octanol–water partition coefficient (Wildman–Crippen LogP) is 3.64. The number of hydrogen-bond donors (Lipinski definition) is 2. The Morgan fingerprint density at radius 2 is 1.77 bits per heavy atom. The van der Waals surface area contributed by atoms with Crippen molar-refractivity contribution in [3.05, 3.63) is 78.9 Å². The van der Waals surface area contributed by atoms with Crippen LogP contribution in [0, 0.1) is 0 Å². The highest BCUT2D eigenvalue weighted by Gasteiger charge is 2.21. The number of thioether (sulfide) groups is 1. The molecule has 3 aromatic rings. The third kappa shape index (κ3) is 5.57. The normalized spacial score (nSPS) is 11.5. The summed E-state index contributed by atoms with van der Waals surface area (Å²) in [5.41, 5.74) is 1.88. The standard InChI is InChI=1S/C22H23N5O2S/c1-3-14-27-19(18-12-8-5-9-13-18)25-26-22(27)30-16(2)20(28)24-21(29)23-15-17-10-6-4-7-11-17/h3-13,16H,1,14-15H2,2H3,(H2,23,24,28,29). The van der Waals surface area contributed by atoms with Crippen LogP contribution < -0.4 is 10.6 Å². The highest BCUT2D eigenvalue weighted by atomic mass is 32.2. The number of carbonyl (C=O) groups is 2. The maximum absolute atomic E-state index is 12.4. The van der Waals surface area contributed by atoms with Crippen LogP contribution in [0.2, 0.25) is 0 Å². The molecule has 8 heteroatoms. The van der Waals surface area contributed by atoms with Crippen molar-refractivity contribution in [1.29, 1.82) is 0 Å². The minimum atomic E-state index is -0.538. The molecule has 0 radical (unpaired) electrons. The molecule has 1 atom stereocenters. The van der Waals surface area contributed by atoms with Gasteiger partial charge < -0.3 is 5.32 Å². The average Bonchev–Trinajstić information content (AvgIpc) is 3.16. The summed E-state index contributed by atoms with van der Waals surface area (Å²) in [5, 5.41) is 13.6. The second-order valence-electron chi connectivity index (χ2n) is 6.49. The largest absolute Gasteiger partial charge is 0.334 e. The zero-order valence-electron chi connectivity index (χ0n) is 16.6. The molecule has 154 valence electrons. The molecule has 3 amide bonds. The van der Waals surface area contributed by atoms with Crippen LogP contribution in [-0.4, -0.2) is 32.0 Å². The van der Waals surface area contributed by atoms with E-state index in [1.165, 1.54) is 11.8 Å². The molecule has 1 aromatic heterocycles. The monoisotopic (exact) mass is 421 g/mol. The summed E-state index contributed by atoms with van der Waals surface area (Å²) in [6.07, 6.45) is 1.75. The summed E-state index contributed by atoms with van der Waals surface area (Å²) in [6.45, 7) is 6.36. The van der Waals surface area contributed by atoms with Gasteiger partial charge in [-0.15, -0.1) is 16.8 Å². The highest BCUT2D eigenvalue weighted by molar-refractivity contribution is 8.00. The molecular formula is C22H23N5O2S. The van der Waals surface area contributed by atoms with E-state index in [-0.39, 0.29) is 0 Å². The predicted molar refractivity (Wildman–Crippen MR) is 118 cm³/mol. The number of imide groups is 1. The molecule has 2 aromatic carbocycles. The smallest absolute Gasteiger partial charge is 0.321 e. The van der Waals surface area contributed by atoms with E-state index in [4.69, 9.17) is 0 Å². The number of allylic oxidation sites excluding steroid dienone is 1. The Kier molecular flexibility index (Phi) is 7.40. The van der Waals surface area contributed by atoms with Crippen molar-refractivity contribution >= 4 is 23.7 Å². The van der Waals surface area contributed by atoms with E-state index in [0.717, 1.165) is 11.1 Å². The number of hydrogen-bond acceptors (Lipinski definition) is 5. The maximum Gasteiger partial charge on any atom is 0.321 e. The van der Waals surface area contributed by atoms with Gasteiger partial charge in [-0.2, -0.15) is 0 Å². The molecule has 0 saturated carbocycles. The van der Waals surface area contributed by atoms with Gasteiger partial charge in [0.25, 0.3) is 0 Å². The number of nitrogens with one attached hydrogen (secondary N) is 2. The van der Waals surface area contributed by atoms with Gasteiger partial charge in [-0.05, 0) is 12.5 Å². The fourth-order valence-electron chi connectivity index (χ4n) is 2.72. The van der Waals surface area contributed by atoms with Crippen LogP contribution in [0.15, 0.2) is 78.5 Å². The molecule has 2 N–H and O–H groups in total. The summed E-state index contributed by atoms with van der Waals surface area (Å²) in [6, 6.07) is 18.6. The van der Waals surface area contributed by atoms with Crippen LogP contribution in [0.1, 0.15) is 12.5 Å². The molecule has 7 nitrogen and oxygen atoms in total. The van der Waals surface area contributed by atoms with Gasteiger partial charge in [0, 0.05) is 18.7 Å². The van der Waals surface area contributed by atoms with Gasteiger partial charge in [-0.1, -0.05) is 78.5 Å². The van der Waals surface area contributed by atoms with Crippen LogP contribution in [0.5, 0.6) is 0 Å². The molecule has 0 aliphatic rings. The first-order valence-corrected chi connectivity index (χ1v) is 10.3. The van der Waals surface area contributed by atoms with E-state index in [2.05, 4.69) is 27.4 Å². The Balaban J connectivity index is 1.61. The molecule has 0 bridgehead atoms.